The van der Waals surface area contributed by atoms with E-state index < -0.39 is 24.5 Å². The molecule has 1 heterocycles. The largest absolute Gasteiger partial charge is 0.459 e. The summed E-state index contributed by atoms with van der Waals surface area (Å²) in [6.45, 7) is -0.364. The van der Waals surface area contributed by atoms with Gasteiger partial charge in [-0.05, 0) is 11.1 Å². The molecule has 0 spiro atoms. The molecule has 0 aliphatic rings. The van der Waals surface area contributed by atoms with Gasteiger partial charge in [-0.3, -0.25) is 14.4 Å². The molecule has 32 heavy (non-hydrogen) atoms. The first-order chi connectivity index (χ1) is 15.7. The number of esters is 1. The Bertz CT molecular complexity index is 1030. The van der Waals surface area contributed by atoms with Crippen LogP contribution in [0, 0.1) is 0 Å². The van der Waals surface area contributed by atoms with E-state index in [1.807, 2.05) is 60.7 Å². The lowest BCUT2D eigenvalue weighted by Crippen LogP contribution is -2.42. The van der Waals surface area contributed by atoms with Gasteiger partial charge < -0.3 is 9.72 Å². The number of hydroxylamine groups is 2. The number of rotatable bonds is 11. The topological polar surface area (TPSA) is 114 Å². The average molecular weight is 434 g/mol. The molecule has 1 N–H and O–H groups in total. The molecule has 3 rings (SSSR count). The molecule has 0 bridgehead atoms. The standard InChI is InChI=1S/C23H22N4O5/c28-17-26-21(11-20-12-24-16-25-20)23(30)27(32-15-19-9-5-2-6-10-19)13-22(29)31-14-18-7-3-1-4-8-18/h1-10,12,16,21H,11,13-15H2,(H,24,25)/t21-/m0/s1. The van der Waals surface area contributed by atoms with Gasteiger partial charge in [0.25, 0.3) is 5.91 Å². The van der Waals surface area contributed by atoms with Gasteiger partial charge in [0.1, 0.15) is 25.8 Å². The third-order valence-corrected chi connectivity index (χ3v) is 4.45. The Balaban J connectivity index is 1.69. The Kier molecular flexibility index (Phi) is 8.44. The van der Waals surface area contributed by atoms with E-state index in [2.05, 4.69) is 15.0 Å². The van der Waals surface area contributed by atoms with E-state index in [1.165, 1.54) is 18.6 Å². The number of aliphatic imine (C=N–C) groups is 1. The molecule has 0 fully saturated rings. The van der Waals surface area contributed by atoms with Crippen LogP contribution in [0.4, 0.5) is 0 Å². The minimum absolute atomic E-state index is 0.0418. The number of H-pyrrole nitrogens is 1. The maximum absolute atomic E-state index is 13.1. The highest BCUT2D eigenvalue weighted by atomic mass is 16.7. The van der Waals surface area contributed by atoms with Crippen LogP contribution in [0.25, 0.3) is 0 Å². The molecular formula is C23H22N4O5. The highest BCUT2D eigenvalue weighted by molar-refractivity contribution is 5.85. The molecule has 0 aliphatic carbocycles. The molecule has 0 unspecified atom stereocenters. The third-order valence-electron chi connectivity index (χ3n) is 4.45. The summed E-state index contributed by atoms with van der Waals surface area (Å²) in [5, 5.41) is 0.877. The van der Waals surface area contributed by atoms with Gasteiger partial charge in [0.05, 0.1) is 6.33 Å². The zero-order valence-corrected chi connectivity index (χ0v) is 17.2. The normalized spacial score (nSPS) is 11.2. The lowest BCUT2D eigenvalue weighted by atomic mass is 10.1. The molecule has 0 saturated heterocycles. The molecule has 3 aromatic rings. The van der Waals surface area contributed by atoms with E-state index in [0.717, 1.165) is 16.2 Å². The molecule has 1 amide bonds. The van der Waals surface area contributed by atoms with E-state index in [1.54, 1.807) is 0 Å². The van der Waals surface area contributed by atoms with Gasteiger partial charge >= 0.3 is 5.97 Å². The molecule has 9 nitrogen and oxygen atoms in total. The van der Waals surface area contributed by atoms with Gasteiger partial charge in [0.15, 0.2) is 0 Å². The number of aromatic amines is 1. The molecule has 164 valence electrons. The summed E-state index contributed by atoms with van der Waals surface area (Å²) in [5.41, 5.74) is 2.20. The van der Waals surface area contributed by atoms with Crippen LogP contribution in [0.3, 0.4) is 0 Å². The quantitative estimate of drug-likeness (QED) is 0.214. The second-order valence-corrected chi connectivity index (χ2v) is 6.80. The van der Waals surface area contributed by atoms with Crippen LogP contribution in [0.1, 0.15) is 16.8 Å². The van der Waals surface area contributed by atoms with Crippen LogP contribution >= 0.6 is 0 Å². The van der Waals surface area contributed by atoms with Gasteiger partial charge in [0.2, 0.25) is 6.08 Å². The Hall–Kier alpha value is -4.07. The minimum Gasteiger partial charge on any atom is -0.459 e. The zero-order valence-electron chi connectivity index (χ0n) is 17.2. The number of isocyanates is 1. The lowest BCUT2D eigenvalue weighted by molar-refractivity contribution is -0.199. The molecule has 1 atom stereocenters. The van der Waals surface area contributed by atoms with E-state index in [-0.39, 0.29) is 19.6 Å². The van der Waals surface area contributed by atoms with E-state index in [9.17, 15) is 14.4 Å². The third kappa shape index (κ3) is 7.02. The number of benzene rings is 2. The Morgan fingerprint density at radius 3 is 2.28 bits per heavy atom. The van der Waals surface area contributed by atoms with E-state index in [4.69, 9.17) is 9.57 Å². The van der Waals surface area contributed by atoms with E-state index >= 15 is 0 Å². The molecular weight excluding hydrogens is 412 g/mol. The van der Waals surface area contributed by atoms with Crippen LogP contribution in [0.15, 0.2) is 78.2 Å². The summed E-state index contributed by atoms with van der Waals surface area (Å²) >= 11 is 0. The first kappa shape index (κ1) is 22.6. The maximum Gasteiger partial charge on any atom is 0.328 e. The molecule has 0 saturated carbocycles. The molecule has 2 aromatic carbocycles. The first-order valence-electron chi connectivity index (χ1n) is 9.87. The fraction of sp³-hybridized carbons (Fsp3) is 0.217. The average Bonchev–Trinajstić information content (AvgIpc) is 3.34. The van der Waals surface area contributed by atoms with Crippen molar-refractivity contribution < 1.29 is 24.0 Å². The minimum atomic E-state index is -1.13. The summed E-state index contributed by atoms with van der Waals surface area (Å²) in [4.78, 5) is 52.4. The second kappa shape index (κ2) is 11.9. The predicted octanol–water partition coefficient (Wildman–Crippen LogP) is 2.36. The van der Waals surface area contributed by atoms with Gasteiger partial charge in [-0.2, -0.15) is 4.99 Å². The molecule has 1 aromatic heterocycles. The van der Waals surface area contributed by atoms with Gasteiger partial charge in [-0.1, -0.05) is 60.7 Å². The molecule has 0 aliphatic heterocycles. The number of nitrogens with one attached hydrogen (secondary N) is 1. The summed E-state index contributed by atoms with van der Waals surface area (Å²) in [6, 6.07) is 17.2. The number of nitrogens with zero attached hydrogens (tertiary/aromatic N) is 3. The summed E-state index contributed by atoms with van der Waals surface area (Å²) in [5.74, 6) is -1.33. The van der Waals surface area contributed by atoms with Crippen molar-refractivity contribution >= 4 is 18.0 Å². The number of carbonyl (C=O) groups is 2. The van der Waals surface area contributed by atoms with Crippen molar-refractivity contribution in [2.75, 3.05) is 6.54 Å². The number of ether oxygens (including phenoxy) is 1. The number of hydrogen-bond acceptors (Lipinski definition) is 7. The zero-order chi connectivity index (χ0) is 22.6. The van der Waals surface area contributed by atoms with Crippen LogP contribution < -0.4 is 0 Å². The Morgan fingerprint density at radius 1 is 1.03 bits per heavy atom. The number of carbonyl (C=O) groups excluding carboxylic acids is 3. The van der Waals surface area contributed by atoms with Crippen molar-refractivity contribution in [3.05, 3.63) is 90.0 Å². The second-order valence-electron chi connectivity index (χ2n) is 6.80. The number of imidazole rings is 1. The van der Waals surface area contributed by atoms with Gasteiger partial charge in [0, 0.05) is 18.3 Å². The van der Waals surface area contributed by atoms with Crippen molar-refractivity contribution in [2.24, 2.45) is 4.99 Å². The van der Waals surface area contributed by atoms with Gasteiger partial charge in [-0.15, -0.1) is 0 Å². The van der Waals surface area contributed by atoms with Crippen molar-refractivity contribution in [2.45, 2.75) is 25.7 Å². The van der Waals surface area contributed by atoms with Crippen LogP contribution in [-0.4, -0.2) is 45.6 Å². The summed E-state index contributed by atoms with van der Waals surface area (Å²) in [6.07, 6.45) is 4.45. The fourth-order valence-corrected chi connectivity index (χ4v) is 2.84. The Labute approximate surface area is 184 Å². The van der Waals surface area contributed by atoms with E-state index in [0.29, 0.717) is 5.69 Å². The maximum atomic E-state index is 13.1. The van der Waals surface area contributed by atoms with Crippen molar-refractivity contribution in [1.29, 1.82) is 0 Å². The molecule has 9 heteroatoms. The predicted molar refractivity (Wildman–Crippen MR) is 113 cm³/mol. The van der Waals surface area contributed by atoms with Crippen molar-refractivity contribution in [3.63, 3.8) is 0 Å². The SMILES string of the molecule is O=C=N[C@@H](Cc1cnc[nH]1)C(=O)N(CC(=O)OCc1ccccc1)OCc1ccccc1. The number of aromatic nitrogens is 2. The van der Waals surface area contributed by atoms with Crippen molar-refractivity contribution in [1.82, 2.24) is 15.0 Å². The van der Waals surface area contributed by atoms with Crippen LogP contribution in [0.2, 0.25) is 0 Å². The van der Waals surface area contributed by atoms with Crippen LogP contribution in [0.5, 0.6) is 0 Å². The highest BCUT2D eigenvalue weighted by Crippen LogP contribution is 2.11. The monoisotopic (exact) mass is 434 g/mol. The number of amides is 1. The van der Waals surface area contributed by atoms with Gasteiger partial charge in [-0.25, -0.2) is 14.8 Å². The molecule has 0 radical (unpaired) electrons. The lowest BCUT2D eigenvalue weighted by Gasteiger charge is -2.23. The highest BCUT2D eigenvalue weighted by Gasteiger charge is 2.28. The fourth-order valence-electron chi connectivity index (χ4n) is 2.84. The Morgan fingerprint density at radius 2 is 1.69 bits per heavy atom. The van der Waals surface area contributed by atoms with Crippen molar-refractivity contribution in [3.8, 4) is 0 Å². The first-order valence-corrected chi connectivity index (χ1v) is 9.87. The summed E-state index contributed by atoms with van der Waals surface area (Å²) in [7, 11) is 0. The summed E-state index contributed by atoms with van der Waals surface area (Å²) < 4.78 is 5.27. The van der Waals surface area contributed by atoms with Crippen LogP contribution in [-0.2, 0) is 43.6 Å². The smallest absolute Gasteiger partial charge is 0.328 e. The number of hydrogen-bond donors (Lipinski definition) is 1.